The van der Waals surface area contributed by atoms with Crippen LogP contribution < -0.4 is 4.74 Å². The van der Waals surface area contributed by atoms with E-state index in [1.807, 2.05) is 73.7 Å². The van der Waals surface area contributed by atoms with Gasteiger partial charge in [-0.05, 0) is 60.4 Å². The van der Waals surface area contributed by atoms with E-state index < -0.39 is 17.7 Å². The Morgan fingerprint density at radius 3 is 2.53 bits per heavy atom. The molecule has 3 aromatic carbocycles. The summed E-state index contributed by atoms with van der Waals surface area (Å²) >= 11 is 3.45. The highest BCUT2D eigenvalue weighted by Gasteiger charge is 2.45. The number of ketones is 1. The molecule has 2 unspecified atom stereocenters. The van der Waals surface area contributed by atoms with Crippen LogP contribution in [0.3, 0.4) is 0 Å². The predicted octanol–water partition coefficient (Wildman–Crippen LogP) is 5.44. The molecule has 1 fully saturated rings. The van der Waals surface area contributed by atoms with E-state index in [9.17, 15) is 14.7 Å². The quantitative estimate of drug-likeness (QED) is 0.278. The van der Waals surface area contributed by atoms with E-state index in [0.717, 1.165) is 33.3 Å². The van der Waals surface area contributed by atoms with Crippen LogP contribution in [0.25, 0.3) is 5.76 Å². The van der Waals surface area contributed by atoms with Gasteiger partial charge in [0.05, 0.1) is 11.6 Å². The monoisotopic (exact) mass is 517 g/mol. The molecule has 1 amide bonds. The molecule has 1 N–H and O–H groups in total. The average molecular weight is 518 g/mol. The van der Waals surface area contributed by atoms with Crippen LogP contribution in [0.5, 0.6) is 5.75 Å². The Balaban J connectivity index is 1.57. The Morgan fingerprint density at radius 1 is 1.06 bits per heavy atom. The minimum absolute atomic E-state index is 0.0683. The molecule has 0 aromatic heterocycles. The maximum Gasteiger partial charge on any atom is 0.295 e. The summed E-state index contributed by atoms with van der Waals surface area (Å²) in [6, 6.07) is 22.1. The van der Waals surface area contributed by atoms with Crippen LogP contribution in [-0.2, 0) is 22.4 Å². The summed E-state index contributed by atoms with van der Waals surface area (Å²) in [5, 5.41) is 11.3. The molecule has 1 saturated heterocycles. The van der Waals surface area contributed by atoms with Crippen molar-refractivity contribution in [1.82, 2.24) is 4.90 Å². The molecule has 0 bridgehead atoms. The van der Waals surface area contributed by atoms with E-state index in [1.54, 1.807) is 11.0 Å². The number of aliphatic hydroxyl groups is 1. The number of aliphatic hydroxyl groups excluding tert-OH is 1. The largest absolute Gasteiger partial charge is 0.507 e. The van der Waals surface area contributed by atoms with Crippen LogP contribution in [0.1, 0.15) is 35.2 Å². The molecule has 172 valence electrons. The molecule has 2 heterocycles. The van der Waals surface area contributed by atoms with Gasteiger partial charge in [0.2, 0.25) is 0 Å². The molecule has 2 aliphatic rings. The lowest BCUT2D eigenvalue weighted by Gasteiger charge is -2.25. The Morgan fingerprint density at radius 2 is 1.79 bits per heavy atom. The highest BCUT2D eigenvalue weighted by Crippen LogP contribution is 2.41. The maximum atomic E-state index is 13.2. The minimum Gasteiger partial charge on any atom is -0.507 e. The number of hydrogen-bond donors (Lipinski definition) is 1. The standard InChI is InChI=1S/C28H24BrNO4/c1-17-15-21-16-20(9-12-23(21)34-17)26(31)24-25(19-7-10-22(29)11-8-19)30(28(33)27(24)32)14-13-18-5-3-2-4-6-18/h2-12,16-17,25,31H,13-15H2,1H3/b26-24-. The summed E-state index contributed by atoms with van der Waals surface area (Å²) in [6.07, 6.45) is 1.41. The number of ether oxygens (including phenoxy) is 1. The number of carbonyl (C=O) groups is 2. The minimum atomic E-state index is -0.666. The van der Waals surface area contributed by atoms with Crippen molar-refractivity contribution in [2.24, 2.45) is 0 Å². The van der Waals surface area contributed by atoms with Crippen LogP contribution in [-0.4, -0.2) is 34.3 Å². The van der Waals surface area contributed by atoms with Gasteiger partial charge in [0.25, 0.3) is 11.7 Å². The summed E-state index contributed by atoms with van der Waals surface area (Å²) < 4.78 is 6.66. The number of hydrogen-bond acceptors (Lipinski definition) is 4. The van der Waals surface area contributed by atoms with Gasteiger partial charge in [0.15, 0.2) is 0 Å². The molecule has 5 rings (SSSR count). The number of nitrogens with zero attached hydrogens (tertiary/aromatic N) is 1. The van der Waals surface area contributed by atoms with Gasteiger partial charge in [-0.25, -0.2) is 0 Å². The summed E-state index contributed by atoms with van der Waals surface area (Å²) in [6.45, 7) is 2.35. The normalized spacial score (nSPS) is 20.9. The summed E-state index contributed by atoms with van der Waals surface area (Å²) in [5.74, 6) is -0.625. The third kappa shape index (κ3) is 4.14. The molecule has 0 spiro atoms. The number of likely N-dealkylation sites (tertiary alicyclic amines) is 1. The third-order valence-electron chi connectivity index (χ3n) is 6.38. The van der Waals surface area contributed by atoms with Crippen molar-refractivity contribution in [2.75, 3.05) is 6.54 Å². The second-order valence-electron chi connectivity index (χ2n) is 8.73. The fraction of sp³-hybridized carbons (Fsp3) is 0.214. The number of amides is 1. The van der Waals surface area contributed by atoms with E-state index >= 15 is 0 Å². The van der Waals surface area contributed by atoms with Crippen molar-refractivity contribution in [3.8, 4) is 5.75 Å². The first-order valence-electron chi connectivity index (χ1n) is 11.3. The van der Waals surface area contributed by atoms with E-state index in [1.165, 1.54) is 0 Å². The van der Waals surface area contributed by atoms with Gasteiger partial charge < -0.3 is 14.7 Å². The van der Waals surface area contributed by atoms with Crippen LogP contribution in [0.4, 0.5) is 0 Å². The molecule has 3 aromatic rings. The Hall–Kier alpha value is -3.38. The van der Waals surface area contributed by atoms with Crippen molar-refractivity contribution in [1.29, 1.82) is 0 Å². The van der Waals surface area contributed by atoms with Crippen molar-refractivity contribution in [2.45, 2.75) is 31.9 Å². The lowest BCUT2D eigenvalue weighted by Crippen LogP contribution is -2.31. The van der Waals surface area contributed by atoms with Gasteiger partial charge in [-0.15, -0.1) is 0 Å². The van der Waals surface area contributed by atoms with Gasteiger partial charge in [0, 0.05) is 23.0 Å². The van der Waals surface area contributed by atoms with Crippen LogP contribution in [0, 0.1) is 0 Å². The zero-order valence-corrected chi connectivity index (χ0v) is 20.3. The van der Waals surface area contributed by atoms with Gasteiger partial charge >= 0.3 is 0 Å². The number of halogens is 1. The lowest BCUT2D eigenvalue weighted by atomic mass is 9.94. The highest BCUT2D eigenvalue weighted by molar-refractivity contribution is 9.10. The molecule has 0 saturated carbocycles. The average Bonchev–Trinajstić information content (AvgIpc) is 3.34. The second kappa shape index (κ2) is 9.11. The van der Waals surface area contributed by atoms with Gasteiger partial charge in [-0.3, -0.25) is 9.59 Å². The molecule has 0 radical (unpaired) electrons. The fourth-order valence-electron chi connectivity index (χ4n) is 4.72. The number of rotatable bonds is 5. The molecular weight excluding hydrogens is 494 g/mol. The Labute approximate surface area is 206 Å². The first-order valence-corrected chi connectivity index (χ1v) is 12.1. The topological polar surface area (TPSA) is 66.8 Å². The fourth-order valence-corrected chi connectivity index (χ4v) is 4.99. The zero-order chi connectivity index (χ0) is 23.8. The van der Waals surface area contributed by atoms with Crippen LogP contribution >= 0.6 is 15.9 Å². The van der Waals surface area contributed by atoms with Crippen LogP contribution in [0.2, 0.25) is 0 Å². The molecule has 5 nitrogen and oxygen atoms in total. The smallest absolute Gasteiger partial charge is 0.295 e. The first kappa shape index (κ1) is 22.4. The number of carbonyl (C=O) groups excluding carboxylic acids is 2. The third-order valence-corrected chi connectivity index (χ3v) is 6.91. The van der Waals surface area contributed by atoms with Crippen molar-refractivity contribution >= 4 is 33.4 Å². The molecular formula is C28H24BrNO4. The Bertz CT molecular complexity index is 1280. The maximum absolute atomic E-state index is 13.2. The first-order chi connectivity index (χ1) is 16.4. The zero-order valence-electron chi connectivity index (χ0n) is 18.7. The summed E-state index contributed by atoms with van der Waals surface area (Å²) in [5.41, 5.74) is 3.46. The summed E-state index contributed by atoms with van der Waals surface area (Å²) in [7, 11) is 0. The van der Waals surface area contributed by atoms with E-state index in [0.29, 0.717) is 18.5 Å². The second-order valence-corrected chi connectivity index (χ2v) is 9.65. The van der Waals surface area contributed by atoms with Gasteiger partial charge in [-0.1, -0.05) is 58.4 Å². The summed E-state index contributed by atoms with van der Waals surface area (Å²) in [4.78, 5) is 28.0. The number of Topliss-reactive ketones (excluding diaryl/α,β-unsaturated/α-hetero) is 1. The van der Waals surface area contributed by atoms with Crippen molar-refractivity contribution < 1.29 is 19.4 Å². The van der Waals surface area contributed by atoms with Crippen molar-refractivity contribution in [3.05, 3.63) is 105 Å². The number of fused-ring (bicyclic) bond motifs is 1. The van der Waals surface area contributed by atoms with Crippen LogP contribution in [0.15, 0.2) is 82.8 Å². The highest BCUT2D eigenvalue weighted by atomic mass is 79.9. The predicted molar refractivity (Wildman–Crippen MR) is 134 cm³/mol. The van der Waals surface area contributed by atoms with Gasteiger partial charge in [0.1, 0.15) is 17.6 Å². The van der Waals surface area contributed by atoms with Crippen molar-refractivity contribution in [3.63, 3.8) is 0 Å². The lowest BCUT2D eigenvalue weighted by molar-refractivity contribution is -0.139. The SMILES string of the molecule is CC1Cc2cc(/C(O)=C3/C(=O)C(=O)N(CCc4ccccc4)C3c3ccc(Br)cc3)ccc2O1. The van der Waals surface area contributed by atoms with E-state index in [4.69, 9.17) is 4.74 Å². The van der Waals surface area contributed by atoms with E-state index in [-0.39, 0.29) is 17.4 Å². The Kier molecular flexibility index (Phi) is 6.00. The molecule has 0 aliphatic carbocycles. The van der Waals surface area contributed by atoms with Gasteiger partial charge in [-0.2, -0.15) is 0 Å². The molecule has 6 heteroatoms. The number of benzene rings is 3. The van der Waals surface area contributed by atoms with E-state index in [2.05, 4.69) is 15.9 Å². The molecule has 34 heavy (non-hydrogen) atoms. The molecule has 2 aliphatic heterocycles. The molecule has 2 atom stereocenters.